The van der Waals surface area contributed by atoms with Crippen molar-refractivity contribution in [1.29, 1.82) is 0 Å². The van der Waals surface area contributed by atoms with Gasteiger partial charge in [-0.1, -0.05) is 25.1 Å². The van der Waals surface area contributed by atoms with Crippen LogP contribution in [0.3, 0.4) is 0 Å². The van der Waals surface area contributed by atoms with E-state index in [0.717, 1.165) is 29.9 Å². The second-order valence-electron chi connectivity index (χ2n) is 5.04. The predicted molar refractivity (Wildman–Crippen MR) is 84.9 cm³/mol. The van der Waals surface area contributed by atoms with Crippen molar-refractivity contribution in [2.24, 2.45) is 0 Å². The van der Waals surface area contributed by atoms with E-state index in [-0.39, 0.29) is 0 Å². The Kier molecular flexibility index (Phi) is 3.88. The van der Waals surface area contributed by atoms with Gasteiger partial charge in [0.1, 0.15) is 5.69 Å². The lowest BCUT2D eigenvalue weighted by atomic mass is 10.1. The van der Waals surface area contributed by atoms with Gasteiger partial charge < -0.3 is 5.32 Å². The molecule has 2 heterocycles. The number of fused-ring (bicyclic) bond motifs is 1. The van der Waals surface area contributed by atoms with Crippen molar-refractivity contribution < 1.29 is 0 Å². The van der Waals surface area contributed by atoms with Crippen molar-refractivity contribution in [3.05, 3.63) is 53.9 Å². The number of para-hydroxylation sites is 1. The van der Waals surface area contributed by atoms with Gasteiger partial charge in [-0.3, -0.25) is 0 Å². The average molecular weight is 278 g/mol. The second kappa shape index (κ2) is 5.97. The van der Waals surface area contributed by atoms with Gasteiger partial charge >= 0.3 is 0 Å². The minimum atomic E-state index is 0.670. The first-order valence-corrected chi connectivity index (χ1v) is 7.16. The SMILES string of the molecule is CCNCc1cnc(-c2cc(C)c3ccccc3n2)nc1. The molecular weight excluding hydrogens is 260 g/mol. The number of benzene rings is 1. The second-order valence-corrected chi connectivity index (χ2v) is 5.04. The summed E-state index contributed by atoms with van der Waals surface area (Å²) in [7, 11) is 0. The van der Waals surface area contributed by atoms with Crippen LogP contribution in [0.15, 0.2) is 42.7 Å². The van der Waals surface area contributed by atoms with E-state index in [2.05, 4.69) is 40.2 Å². The van der Waals surface area contributed by atoms with Crippen LogP contribution in [-0.4, -0.2) is 21.5 Å². The number of pyridine rings is 1. The Labute approximate surface area is 124 Å². The quantitative estimate of drug-likeness (QED) is 0.796. The highest BCUT2D eigenvalue weighted by Gasteiger charge is 2.07. The van der Waals surface area contributed by atoms with Crippen molar-refractivity contribution in [2.75, 3.05) is 6.54 Å². The lowest BCUT2D eigenvalue weighted by Crippen LogP contribution is -2.12. The third kappa shape index (κ3) is 2.90. The van der Waals surface area contributed by atoms with E-state index in [0.29, 0.717) is 5.82 Å². The Bertz CT molecular complexity index is 750. The normalized spacial score (nSPS) is 11.0. The number of aryl methyl sites for hydroxylation is 1. The zero-order chi connectivity index (χ0) is 14.7. The minimum absolute atomic E-state index is 0.670. The van der Waals surface area contributed by atoms with Gasteiger partial charge in [0, 0.05) is 29.9 Å². The van der Waals surface area contributed by atoms with Gasteiger partial charge in [-0.2, -0.15) is 0 Å². The monoisotopic (exact) mass is 278 g/mol. The van der Waals surface area contributed by atoms with Gasteiger partial charge in [-0.25, -0.2) is 15.0 Å². The maximum atomic E-state index is 4.66. The van der Waals surface area contributed by atoms with Crippen LogP contribution in [0.2, 0.25) is 0 Å². The number of hydrogen-bond acceptors (Lipinski definition) is 4. The molecule has 0 aliphatic rings. The largest absolute Gasteiger partial charge is 0.313 e. The van der Waals surface area contributed by atoms with Crippen molar-refractivity contribution in [1.82, 2.24) is 20.3 Å². The molecule has 0 spiro atoms. The highest BCUT2D eigenvalue weighted by Crippen LogP contribution is 2.21. The standard InChI is InChI=1S/C17H18N4/c1-3-18-9-13-10-19-17(20-11-13)16-8-12(2)14-6-4-5-7-15(14)21-16/h4-8,10-11,18H,3,9H2,1-2H3. The van der Waals surface area contributed by atoms with Crippen LogP contribution in [0, 0.1) is 6.92 Å². The summed E-state index contributed by atoms with van der Waals surface area (Å²) in [5, 5.41) is 4.43. The van der Waals surface area contributed by atoms with Crippen molar-refractivity contribution in [2.45, 2.75) is 20.4 Å². The van der Waals surface area contributed by atoms with Gasteiger partial charge in [-0.05, 0) is 31.2 Å². The molecule has 3 rings (SSSR count). The Morgan fingerprint density at radius 3 is 2.62 bits per heavy atom. The maximum absolute atomic E-state index is 4.66. The maximum Gasteiger partial charge on any atom is 0.178 e. The molecule has 0 atom stereocenters. The van der Waals surface area contributed by atoms with E-state index in [1.807, 2.05) is 36.7 Å². The van der Waals surface area contributed by atoms with E-state index < -0.39 is 0 Å². The average Bonchev–Trinajstić information content (AvgIpc) is 2.53. The first-order valence-electron chi connectivity index (χ1n) is 7.16. The third-order valence-corrected chi connectivity index (χ3v) is 3.44. The molecule has 0 unspecified atom stereocenters. The van der Waals surface area contributed by atoms with Crippen molar-refractivity contribution in [3.63, 3.8) is 0 Å². The molecule has 2 aromatic heterocycles. The summed E-state index contributed by atoms with van der Waals surface area (Å²) >= 11 is 0. The lowest BCUT2D eigenvalue weighted by Gasteiger charge is -2.06. The predicted octanol–water partition coefficient (Wildman–Crippen LogP) is 3.11. The fraction of sp³-hybridized carbons (Fsp3) is 0.235. The summed E-state index contributed by atoms with van der Waals surface area (Å²) in [5.74, 6) is 0.670. The summed E-state index contributed by atoms with van der Waals surface area (Å²) in [6, 6.07) is 10.2. The molecule has 3 aromatic rings. The highest BCUT2D eigenvalue weighted by atomic mass is 14.9. The number of hydrogen-bond donors (Lipinski definition) is 1. The molecule has 4 heteroatoms. The van der Waals surface area contributed by atoms with Crippen LogP contribution in [0.25, 0.3) is 22.4 Å². The smallest absolute Gasteiger partial charge is 0.178 e. The summed E-state index contributed by atoms with van der Waals surface area (Å²) < 4.78 is 0. The zero-order valence-electron chi connectivity index (χ0n) is 12.3. The fourth-order valence-corrected chi connectivity index (χ4v) is 2.31. The Morgan fingerprint density at radius 1 is 1.10 bits per heavy atom. The van der Waals surface area contributed by atoms with Crippen molar-refractivity contribution >= 4 is 10.9 Å². The number of nitrogens with zero attached hydrogens (tertiary/aromatic N) is 3. The molecule has 0 aliphatic carbocycles. The van der Waals surface area contributed by atoms with Crippen LogP contribution in [0.4, 0.5) is 0 Å². The summed E-state index contributed by atoms with van der Waals surface area (Å²) in [6.45, 7) is 5.90. The van der Waals surface area contributed by atoms with Crippen LogP contribution in [0.1, 0.15) is 18.1 Å². The van der Waals surface area contributed by atoms with Crippen LogP contribution >= 0.6 is 0 Å². The molecule has 0 fully saturated rings. The van der Waals surface area contributed by atoms with Crippen molar-refractivity contribution in [3.8, 4) is 11.5 Å². The number of aromatic nitrogens is 3. The molecular formula is C17H18N4. The lowest BCUT2D eigenvalue weighted by molar-refractivity contribution is 0.721. The molecule has 0 radical (unpaired) electrons. The Hall–Kier alpha value is -2.33. The summed E-state index contributed by atoms with van der Waals surface area (Å²) in [6.07, 6.45) is 3.72. The molecule has 21 heavy (non-hydrogen) atoms. The Balaban J connectivity index is 1.96. The first kappa shape index (κ1) is 13.6. The van der Waals surface area contributed by atoms with E-state index >= 15 is 0 Å². The molecule has 1 N–H and O–H groups in total. The van der Waals surface area contributed by atoms with Gasteiger partial charge in [0.05, 0.1) is 5.52 Å². The molecule has 0 amide bonds. The van der Waals surface area contributed by atoms with E-state index in [9.17, 15) is 0 Å². The topological polar surface area (TPSA) is 50.7 Å². The minimum Gasteiger partial charge on any atom is -0.313 e. The Morgan fingerprint density at radius 2 is 1.86 bits per heavy atom. The molecule has 0 saturated carbocycles. The molecule has 0 bridgehead atoms. The summed E-state index contributed by atoms with van der Waals surface area (Å²) in [5.41, 5.74) is 4.07. The van der Waals surface area contributed by atoms with E-state index in [1.165, 1.54) is 10.9 Å². The van der Waals surface area contributed by atoms with E-state index in [1.54, 1.807) is 0 Å². The van der Waals surface area contributed by atoms with Gasteiger partial charge in [-0.15, -0.1) is 0 Å². The van der Waals surface area contributed by atoms with Crippen LogP contribution in [0.5, 0.6) is 0 Å². The molecule has 0 saturated heterocycles. The first-order chi connectivity index (χ1) is 10.3. The van der Waals surface area contributed by atoms with Gasteiger partial charge in [0.15, 0.2) is 5.82 Å². The fourth-order valence-electron chi connectivity index (χ4n) is 2.31. The summed E-state index contributed by atoms with van der Waals surface area (Å²) in [4.78, 5) is 13.5. The van der Waals surface area contributed by atoms with Crippen LogP contribution < -0.4 is 5.32 Å². The van der Waals surface area contributed by atoms with Gasteiger partial charge in [0.25, 0.3) is 0 Å². The third-order valence-electron chi connectivity index (χ3n) is 3.44. The molecule has 0 aliphatic heterocycles. The zero-order valence-corrected chi connectivity index (χ0v) is 12.3. The molecule has 1 aromatic carbocycles. The van der Waals surface area contributed by atoms with E-state index in [4.69, 9.17) is 0 Å². The van der Waals surface area contributed by atoms with Gasteiger partial charge in [0.2, 0.25) is 0 Å². The molecule has 106 valence electrons. The van der Waals surface area contributed by atoms with Crippen LogP contribution in [-0.2, 0) is 6.54 Å². The number of rotatable bonds is 4. The highest BCUT2D eigenvalue weighted by molar-refractivity contribution is 5.84. The number of nitrogens with one attached hydrogen (secondary N) is 1. The molecule has 4 nitrogen and oxygen atoms in total.